The minimum atomic E-state index is -0.472. The molecule has 0 saturated heterocycles. The van der Waals surface area contributed by atoms with Gasteiger partial charge in [-0.05, 0) is 36.4 Å². The first kappa shape index (κ1) is 15.5. The molecule has 3 amide bonds. The number of aromatic amines is 1. The van der Waals surface area contributed by atoms with Crippen molar-refractivity contribution in [3.05, 3.63) is 58.2 Å². The minimum absolute atomic E-state index is 0.297. The highest BCUT2D eigenvalue weighted by Crippen LogP contribution is 2.26. The largest absolute Gasteiger partial charge is 0.324 e. The summed E-state index contributed by atoms with van der Waals surface area (Å²) in [5.74, 6) is -1.39. The number of nitrogens with zero attached hydrogens (tertiary/aromatic N) is 2. The van der Waals surface area contributed by atoms with Crippen LogP contribution < -0.4 is 5.32 Å². The van der Waals surface area contributed by atoms with Gasteiger partial charge in [0, 0.05) is 15.5 Å². The van der Waals surface area contributed by atoms with Crippen LogP contribution in [0.3, 0.4) is 0 Å². The van der Waals surface area contributed by atoms with Crippen LogP contribution in [0.1, 0.15) is 20.7 Å². The summed E-state index contributed by atoms with van der Waals surface area (Å²) in [5.41, 5.74) is 1.94. The maximum Gasteiger partial charge on any atom is 0.262 e. The molecule has 25 heavy (non-hydrogen) atoms. The van der Waals surface area contributed by atoms with Gasteiger partial charge in [0.05, 0.1) is 22.8 Å². The molecular weight excluding hydrogens is 388 g/mol. The number of H-pyrrole nitrogens is 1. The molecule has 1 aliphatic heterocycles. The second-order valence-corrected chi connectivity index (χ2v) is 6.52. The predicted molar refractivity (Wildman–Crippen MR) is 94.2 cm³/mol. The third kappa shape index (κ3) is 2.70. The average molecular weight is 399 g/mol. The molecule has 0 spiro atoms. The number of hydrogen-bond acceptors (Lipinski definition) is 4. The second kappa shape index (κ2) is 5.82. The number of aromatic nitrogens is 2. The van der Waals surface area contributed by atoms with Gasteiger partial charge in [-0.25, -0.2) is 0 Å². The summed E-state index contributed by atoms with van der Waals surface area (Å²) in [6.45, 7) is -0.342. The van der Waals surface area contributed by atoms with Crippen LogP contribution in [0.4, 0.5) is 5.69 Å². The van der Waals surface area contributed by atoms with E-state index in [9.17, 15) is 14.4 Å². The standard InChI is InChI=1S/C17H11BrN4O3/c18-10-2-4-12-13(5-10)17(25)22(16(12)24)8-15(23)20-11-3-1-9-7-19-21-14(9)6-11/h1-7H,8H2,(H,19,21)(H,20,23). The fourth-order valence-electron chi connectivity index (χ4n) is 2.77. The zero-order valence-corrected chi connectivity index (χ0v) is 14.3. The van der Waals surface area contributed by atoms with Crippen molar-refractivity contribution in [3.8, 4) is 0 Å². The van der Waals surface area contributed by atoms with Crippen molar-refractivity contribution >= 4 is 50.2 Å². The highest BCUT2D eigenvalue weighted by molar-refractivity contribution is 9.10. The number of nitrogens with one attached hydrogen (secondary N) is 2. The van der Waals surface area contributed by atoms with Crippen LogP contribution in [0.25, 0.3) is 10.9 Å². The number of hydrogen-bond donors (Lipinski definition) is 2. The van der Waals surface area contributed by atoms with Gasteiger partial charge in [0.15, 0.2) is 0 Å². The van der Waals surface area contributed by atoms with Crippen molar-refractivity contribution in [2.45, 2.75) is 0 Å². The molecule has 1 aliphatic rings. The molecule has 2 heterocycles. The summed E-state index contributed by atoms with van der Waals surface area (Å²) in [5, 5.41) is 10.3. The molecule has 124 valence electrons. The quantitative estimate of drug-likeness (QED) is 0.662. The van der Waals surface area contributed by atoms with Crippen LogP contribution in [0, 0.1) is 0 Å². The van der Waals surface area contributed by atoms with E-state index in [2.05, 4.69) is 31.4 Å². The molecule has 2 aromatic carbocycles. The van der Waals surface area contributed by atoms with Gasteiger partial charge >= 0.3 is 0 Å². The molecule has 7 nitrogen and oxygen atoms in total. The first-order valence-corrected chi connectivity index (χ1v) is 8.21. The Morgan fingerprint density at radius 3 is 2.76 bits per heavy atom. The molecule has 0 atom stereocenters. The molecule has 0 fully saturated rings. The highest BCUT2D eigenvalue weighted by atomic mass is 79.9. The Bertz CT molecular complexity index is 1040. The number of carbonyl (C=O) groups excluding carboxylic acids is 3. The molecule has 0 aliphatic carbocycles. The first-order valence-electron chi connectivity index (χ1n) is 7.41. The number of amides is 3. The fourth-order valence-corrected chi connectivity index (χ4v) is 3.13. The van der Waals surface area contributed by atoms with E-state index in [-0.39, 0.29) is 6.54 Å². The summed E-state index contributed by atoms with van der Waals surface area (Å²) in [7, 11) is 0. The molecule has 2 N–H and O–H groups in total. The normalized spacial score (nSPS) is 13.4. The van der Waals surface area contributed by atoms with Crippen molar-refractivity contribution in [1.29, 1.82) is 0 Å². The van der Waals surface area contributed by atoms with Crippen molar-refractivity contribution in [3.63, 3.8) is 0 Å². The Kier molecular flexibility index (Phi) is 3.61. The van der Waals surface area contributed by atoms with Crippen LogP contribution in [-0.4, -0.2) is 39.4 Å². The molecule has 0 bridgehead atoms. The molecule has 1 aromatic heterocycles. The maximum absolute atomic E-state index is 12.4. The number of anilines is 1. The van der Waals surface area contributed by atoms with Crippen LogP contribution in [-0.2, 0) is 4.79 Å². The van der Waals surface area contributed by atoms with E-state index in [0.717, 1.165) is 15.8 Å². The molecule has 8 heteroatoms. The number of halogens is 1. The van der Waals surface area contributed by atoms with Crippen molar-refractivity contribution in [2.24, 2.45) is 0 Å². The third-order valence-electron chi connectivity index (χ3n) is 3.96. The van der Waals surface area contributed by atoms with Gasteiger partial charge in [0.1, 0.15) is 6.54 Å². The highest BCUT2D eigenvalue weighted by Gasteiger charge is 2.36. The smallest absolute Gasteiger partial charge is 0.262 e. The Balaban J connectivity index is 1.51. The molecule has 0 radical (unpaired) electrons. The SMILES string of the molecule is O=C(CN1C(=O)c2ccc(Br)cc2C1=O)Nc1ccc2cn[nH]c2c1. The van der Waals surface area contributed by atoms with E-state index in [1.807, 2.05) is 6.07 Å². The van der Waals surface area contributed by atoms with E-state index < -0.39 is 17.7 Å². The molecule has 3 aromatic rings. The molecule has 4 rings (SSSR count). The summed E-state index contributed by atoms with van der Waals surface area (Å²) in [6, 6.07) is 10.1. The van der Waals surface area contributed by atoms with E-state index >= 15 is 0 Å². The lowest BCUT2D eigenvalue weighted by Gasteiger charge is -2.13. The summed E-state index contributed by atoms with van der Waals surface area (Å²) in [6.07, 6.45) is 1.68. The Morgan fingerprint density at radius 1 is 1.12 bits per heavy atom. The lowest BCUT2D eigenvalue weighted by atomic mass is 10.1. The van der Waals surface area contributed by atoms with Crippen LogP contribution in [0.5, 0.6) is 0 Å². The number of carbonyl (C=O) groups is 3. The fraction of sp³-hybridized carbons (Fsp3) is 0.0588. The maximum atomic E-state index is 12.4. The molecule has 0 saturated carbocycles. The molecular formula is C17H11BrN4O3. The monoisotopic (exact) mass is 398 g/mol. The zero-order valence-electron chi connectivity index (χ0n) is 12.7. The second-order valence-electron chi connectivity index (χ2n) is 5.61. The summed E-state index contributed by atoms with van der Waals surface area (Å²) in [4.78, 5) is 37.9. The lowest BCUT2D eigenvalue weighted by Crippen LogP contribution is -2.37. The van der Waals surface area contributed by atoms with E-state index in [1.54, 1.807) is 36.5 Å². The first-order chi connectivity index (χ1) is 12.0. The average Bonchev–Trinajstić information content (AvgIpc) is 3.13. The van der Waals surface area contributed by atoms with Crippen LogP contribution in [0.2, 0.25) is 0 Å². The van der Waals surface area contributed by atoms with Gasteiger partial charge in [0.2, 0.25) is 5.91 Å². The predicted octanol–water partition coefficient (Wildman–Crippen LogP) is 2.56. The van der Waals surface area contributed by atoms with E-state index in [4.69, 9.17) is 0 Å². The van der Waals surface area contributed by atoms with Gasteiger partial charge in [-0.1, -0.05) is 15.9 Å². The molecule has 0 unspecified atom stereocenters. The Labute approximate surface area is 150 Å². The van der Waals surface area contributed by atoms with Gasteiger partial charge in [-0.15, -0.1) is 0 Å². The topological polar surface area (TPSA) is 95.2 Å². The summed E-state index contributed by atoms with van der Waals surface area (Å²) < 4.78 is 0.701. The van der Waals surface area contributed by atoms with Crippen LogP contribution >= 0.6 is 15.9 Å². The van der Waals surface area contributed by atoms with Gasteiger partial charge in [0.25, 0.3) is 11.8 Å². The van der Waals surface area contributed by atoms with Crippen molar-refractivity contribution < 1.29 is 14.4 Å². The number of rotatable bonds is 3. The van der Waals surface area contributed by atoms with Crippen molar-refractivity contribution in [1.82, 2.24) is 15.1 Å². The minimum Gasteiger partial charge on any atom is -0.324 e. The summed E-state index contributed by atoms with van der Waals surface area (Å²) >= 11 is 3.27. The van der Waals surface area contributed by atoms with Gasteiger partial charge in [-0.3, -0.25) is 24.4 Å². The van der Waals surface area contributed by atoms with Crippen molar-refractivity contribution in [2.75, 3.05) is 11.9 Å². The number of fused-ring (bicyclic) bond motifs is 2. The van der Waals surface area contributed by atoms with Gasteiger partial charge in [-0.2, -0.15) is 5.10 Å². The lowest BCUT2D eigenvalue weighted by molar-refractivity contribution is -0.116. The zero-order chi connectivity index (χ0) is 17.6. The van der Waals surface area contributed by atoms with E-state index in [1.165, 1.54) is 0 Å². The van der Waals surface area contributed by atoms with E-state index in [0.29, 0.717) is 21.3 Å². The van der Waals surface area contributed by atoms with Gasteiger partial charge < -0.3 is 5.32 Å². The number of imide groups is 1. The van der Waals surface area contributed by atoms with Crippen LogP contribution in [0.15, 0.2) is 47.1 Å². The number of benzene rings is 2. The third-order valence-corrected chi connectivity index (χ3v) is 4.45. The Hall–Kier alpha value is -3.00. The Morgan fingerprint density at radius 2 is 1.92 bits per heavy atom.